The highest BCUT2D eigenvalue weighted by molar-refractivity contribution is 7.88. The van der Waals surface area contributed by atoms with E-state index in [0.717, 1.165) is 43.8 Å². The van der Waals surface area contributed by atoms with Crippen molar-refractivity contribution in [3.63, 3.8) is 0 Å². The SMILES string of the molecule is O=S(=O)(Oc1cccc(-c2ccc3c4ccccc4c4ccc(-c5cccc(OS(=O)(=O)C(F)(F)F)c5)cc4c3c2)c1)C(F)(F)F.OB(O)c1cccc2c1sc1ccccc12.c1cc(-c2ccc3c4ccccc4c4ccc(-c5cccc(-c6cccc7c6sc6ccccc67)c5)cc4c3c2)cc(-c2cccc3c2sc2ccccc23)c1. The van der Waals surface area contributed by atoms with Gasteiger partial charge in [0.1, 0.15) is 11.5 Å². The van der Waals surface area contributed by atoms with Crippen molar-refractivity contribution in [2.24, 2.45) is 0 Å². The number of hydrogen-bond donors (Lipinski definition) is 2. The molecule has 0 radical (unpaired) electrons. The summed E-state index contributed by atoms with van der Waals surface area (Å²) in [6, 6.07) is 114. The van der Waals surface area contributed by atoms with Crippen molar-refractivity contribution in [2.45, 2.75) is 11.0 Å². The first-order valence-electron chi connectivity index (χ1n) is 37.3. The molecule has 118 heavy (non-hydrogen) atoms. The molecule has 0 atom stereocenters. The van der Waals surface area contributed by atoms with Gasteiger partial charge in [-0.3, -0.25) is 0 Å². The Bertz CT molecular complexity index is 7510. The number of thiophene rings is 3. The van der Waals surface area contributed by atoms with Gasteiger partial charge in [0.15, 0.2) is 0 Å². The predicted molar refractivity (Wildman–Crippen MR) is 477 cm³/mol. The van der Waals surface area contributed by atoms with Crippen molar-refractivity contribution in [3.8, 4) is 78.3 Å². The first-order valence-corrected chi connectivity index (χ1v) is 42.6. The summed E-state index contributed by atoms with van der Waals surface area (Å²) in [6.07, 6.45) is 0. The molecule has 0 saturated heterocycles. The summed E-state index contributed by atoms with van der Waals surface area (Å²) in [5, 5.41) is 38.7. The van der Waals surface area contributed by atoms with Gasteiger partial charge in [-0.1, -0.05) is 267 Å². The molecule has 3 aromatic heterocycles. The molecule has 2 N–H and O–H groups in total. The number of halogens is 6. The maximum Gasteiger partial charge on any atom is 0.534 e. The monoisotopic (exact) mass is 1650 g/mol. The van der Waals surface area contributed by atoms with E-state index in [1.165, 1.54) is 152 Å². The lowest BCUT2D eigenvalue weighted by Crippen LogP contribution is -2.29. The molecule has 0 fully saturated rings. The van der Waals surface area contributed by atoms with Crippen LogP contribution in [-0.2, 0) is 20.2 Å². The van der Waals surface area contributed by atoms with E-state index >= 15 is 0 Å². The molecule has 0 spiro atoms. The minimum Gasteiger partial charge on any atom is -0.423 e. The van der Waals surface area contributed by atoms with E-state index in [4.69, 9.17) is 0 Å². The van der Waals surface area contributed by atoms with Crippen molar-refractivity contribution in [3.05, 3.63) is 346 Å². The van der Waals surface area contributed by atoms with Gasteiger partial charge in [-0.05, 0) is 221 Å². The maximum atomic E-state index is 12.9. The molecule has 0 aliphatic heterocycles. The van der Waals surface area contributed by atoms with E-state index in [1.807, 2.05) is 89.4 Å². The molecule has 0 bridgehead atoms. The Hall–Kier alpha value is -12.8. The summed E-state index contributed by atoms with van der Waals surface area (Å²) < 4.78 is 140. The predicted octanol–water partition coefficient (Wildman–Crippen LogP) is 27.2. The number of hydrogen-bond acceptors (Lipinski definition) is 11. The Morgan fingerprint density at radius 2 is 0.492 bits per heavy atom. The second kappa shape index (κ2) is 29.8. The summed E-state index contributed by atoms with van der Waals surface area (Å²) in [6.45, 7) is 0. The average Bonchev–Trinajstić information content (AvgIpc) is 1.61. The van der Waals surface area contributed by atoms with Crippen molar-refractivity contribution < 1.29 is 61.6 Å². The van der Waals surface area contributed by atoms with E-state index in [0.29, 0.717) is 38.5 Å². The molecule has 0 saturated carbocycles. The van der Waals surface area contributed by atoms with Crippen molar-refractivity contribution in [1.82, 2.24) is 0 Å². The van der Waals surface area contributed by atoms with Crippen molar-refractivity contribution in [2.75, 3.05) is 0 Å². The van der Waals surface area contributed by atoms with E-state index < -0.39 is 49.9 Å². The second-order valence-corrected chi connectivity index (χ2v) is 34.8. The molecule has 18 aromatic carbocycles. The lowest BCUT2D eigenvalue weighted by Gasteiger charge is -2.14. The second-order valence-electron chi connectivity index (χ2n) is 28.6. The number of alkyl halides is 6. The highest BCUT2D eigenvalue weighted by atomic mass is 32.2. The Morgan fingerprint density at radius 3 is 0.831 bits per heavy atom. The lowest BCUT2D eigenvalue weighted by atomic mass is 9.80. The van der Waals surface area contributed by atoms with Crippen LogP contribution in [0.3, 0.4) is 0 Å². The first kappa shape index (κ1) is 75.3. The van der Waals surface area contributed by atoms with Crippen LogP contribution in [0.25, 0.3) is 192 Å². The molecular weight excluding hydrogens is 1590 g/mol. The quantitative estimate of drug-likeness (QED) is 0.0431. The Labute approximate surface area is 683 Å². The molecule has 21 rings (SSSR count). The molecule has 20 heteroatoms. The average molecular weight is 1650 g/mol. The molecule has 0 aliphatic rings. The molecular formula is C98H59BF6O8S5. The standard InChI is InChI=1S/C54H32S2.C32H18F6O6S2.C12H9BO2S/c1-2-16-42-41(15-1)43-27-25-35(33-11-7-13-37(29-33)39-19-9-21-47-45-17-3-5-23-51(45)55-53(39)47)31-49(43)50-32-36(26-28-44(42)50)34-12-8-14-38(30-34)40-20-10-22-48-46-18-4-6-24-52(46)56-54(40)48;33-31(34,35)45(39,40)43-23-7-3-5-19(15-23)21-11-13-27-25-9-1-2-10-26(25)28-14-12-22(18-30(28)29(27)17-21)20-6-4-8-24(16-20)44-46(41,42)32(36,37)38;14-13(15)10-6-3-5-9-8-4-1-2-7-11(8)16-12(9)10/h1-32H;1-18H;1-7,14-15H. The molecule has 3 heterocycles. The molecule has 0 amide bonds. The Balaban J connectivity index is 0.000000134. The lowest BCUT2D eigenvalue weighted by molar-refractivity contribution is -0.0504. The van der Waals surface area contributed by atoms with Crippen LogP contribution in [0.5, 0.6) is 11.5 Å². The maximum absolute atomic E-state index is 12.9. The third-order valence-electron chi connectivity index (χ3n) is 21.5. The van der Waals surface area contributed by atoms with Gasteiger partial charge >= 0.3 is 38.4 Å². The van der Waals surface area contributed by atoms with Crippen molar-refractivity contribution in [1.29, 1.82) is 0 Å². The largest absolute Gasteiger partial charge is 0.534 e. The van der Waals surface area contributed by atoms with Gasteiger partial charge < -0.3 is 18.4 Å². The summed E-state index contributed by atoms with van der Waals surface area (Å²) >= 11 is 5.38. The van der Waals surface area contributed by atoms with Gasteiger partial charge in [-0.2, -0.15) is 43.2 Å². The highest BCUT2D eigenvalue weighted by Gasteiger charge is 2.49. The van der Waals surface area contributed by atoms with E-state index in [9.17, 15) is 53.2 Å². The van der Waals surface area contributed by atoms with Gasteiger partial charge in [0.2, 0.25) is 0 Å². The smallest absolute Gasteiger partial charge is 0.423 e. The first-order chi connectivity index (χ1) is 57.1. The van der Waals surface area contributed by atoms with Crippen LogP contribution in [0, 0.1) is 0 Å². The summed E-state index contributed by atoms with van der Waals surface area (Å²) in [7, 11) is -13.2. The topological polar surface area (TPSA) is 127 Å². The fourth-order valence-corrected chi connectivity index (χ4v) is 20.7. The normalized spacial score (nSPS) is 12.2. The zero-order valence-electron chi connectivity index (χ0n) is 61.6. The Morgan fingerprint density at radius 1 is 0.237 bits per heavy atom. The van der Waals surface area contributed by atoms with E-state index in [2.05, 4.69) is 209 Å². The van der Waals surface area contributed by atoms with Gasteiger partial charge in [0.25, 0.3) is 0 Å². The minimum absolute atomic E-state index is 0.366. The van der Waals surface area contributed by atoms with Crippen LogP contribution in [0.2, 0.25) is 0 Å². The fraction of sp³-hybridized carbons (Fsp3) is 0.0204. The number of fused-ring (bicyclic) bond motifs is 21. The van der Waals surface area contributed by atoms with Crippen LogP contribution >= 0.6 is 34.0 Å². The molecule has 0 unspecified atom stereocenters. The minimum atomic E-state index is -5.89. The third kappa shape index (κ3) is 13.7. The van der Waals surface area contributed by atoms with Gasteiger partial charge in [-0.15, -0.1) is 34.0 Å². The summed E-state index contributed by atoms with van der Waals surface area (Å²) in [4.78, 5) is 0. The van der Waals surface area contributed by atoms with E-state index in [1.54, 1.807) is 53.8 Å². The zero-order valence-corrected chi connectivity index (χ0v) is 65.7. The molecule has 8 nitrogen and oxygen atoms in total. The van der Waals surface area contributed by atoms with Gasteiger partial charge in [0.05, 0.1) is 0 Å². The third-order valence-corrected chi connectivity index (χ3v) is 27.2. The van der Waals surface area contributed by atoms with Gasteiger partial charge in [0, 0.05) is 55.1 Å². The Kier molecular flexibility index (Phi) is 19.0. The molecule has 21 aromatic rings. The highest BCUT2D eigenvalue weighted by Crippen LogP contribution is 2.47. The van der Waals surface area contributed by atoms with Crippen LogP contribution < -0.4 is 13.8 Å². The van der Waals surface area contributed by atoms with E-state index in [-0.39, 0.29) is 0 Å². The number of rotatable bonds is 11. The fourth-order valence-electron chi connectivity index (χ4n) is 16.1. The number of benzene rings is 18. The van der Waals surface area contributed by atoms with Crippen molar-refractivity contribution >= 4 is 192 Å². The van der Waals surface area contributed by atoms with Crippen LogP contribution in [0.15, 0.2) is 346 Å². The van der Waals surface area contributed by atoms with Gasteiger partial charge in [-0.25, -0.2) is 0 Å². The summed E-state index contributed by atoms with van der Waals surface area (Å²) in [5.74, 6) is -1.06. The van der Waals surface area contributed by atoms with Crippen LogP contribution in [0.4, 0.5) is 26.3 Å². The molecule has 0 aliphatic carbocycles. The van der Waals surface area contributed by atoms with Crippen LogP contribution in [0.1, 0.15) is 0 Å². The molecule has 574 valence electrons. The summed E-state index contributed by atoms with van der Waals surface area (Å²) in [5.41, 5.74) is 1.12. The zero-order chi connectivity index (χ0) is 80.9. The van der Waals surface area contributed by atoms with Crippen LogP contribution in [-0.4, -0.2) is 45.0 Å².